The predicted molar refractivity (Wildman–Crippen MR) is 69.6 cm³/mol. The molecule has 0 aromatic heterocycles. The van der Waals surface area contributed by atoms with Crippen LogP contribution >= 0.6 is 0 Å². The normalized spacial score (nSPS) is 11.8. The number of benzene rings is 1. The first-order valence-electron chi connectivity index (χ1n) is 5.77. The second-order valence-electron chi connectivity index (χ2n) is 4.29. The topological polar surface area (TPSA) is 155 Å². The molecule has 0 spiro atoms. The number of carboxylic acid groups (broad SMARTS) is 3. The fraction of sp³-hybridized carbons (Fsp3) is 0.250. The second-order valence-corrected chi connectivity index (χ2v) is 5.84. The van der Waals surface area contributed by atoms with Gasteiger partial charge in [0.2, 0.25) is 5.60 Å². The van der Waals surface area contributed by atoms with Crippen LogP contribution in [0.4, 0.5) is 0 Å². The Bertz CT molecular complexity index is 662. The molecule has 0 amide bonds. The standard InChI is InChI=1S/C12H12O9S/c13-9(14)6-12(11(17)18,7-10(15)16)21-22(19,20)8-4-2-1-3-5-8/h1-5H,6-7H2,(H,13,14)(H,15,16)(H,17,18). The van der Waals surface area contributed by atoms with E-state index in [1.54, 1.807) is 0 Å². The van der Waals surface area contributed by atoms with Crippen LogP contribution in [0.3, 0.4) is 0 Å². The van der Waals surface area contributed by atoms with E-state index in [0.717, 1.165) is 12.1 Å². The largest absolute Gasteiger partial charge is 0.481 e. The minimum absolute atomic E-state index is 0.420. The molecule has 0 unspecified atom stereocenters. The lowest BCUT2D eigenvalue weighted by Crippen LogP contribution is -2.47. The first-order valence-corrected chi connectivity index (χ1v) is 7.17. The molecule has 0 atom stereocenters. The van der Waals surface area contributed by atoms with Gasteiger partial charge in [-0.3, -0.25) is 9.59 Å². The zero-order valence-corrected chi connectivity index (χ0v) is 11.8. The second kappa shape index (κ2) is 6.54. The quantitative estimate of drug-likeness (QED) is 0.564. The smallest absolute Gasteiger partial charge is 0.338 e. The highest BCUT2D eigenvalue weighted by Crippen LogP contribution is 2.27. The summed E-state index contributed by atoms with van der Waals surface area (Å²) in [6.07, 6.45) is -2.67. The molecule has 10 heteroatoms. The summed E-state index contributed by atoms with van der Waals surface area (Å²) in [6, 6.07) is 6.38. The molecule has 1 aromatic rings. The Labute approximate surface area is 124 Å². The molecule has 120 valence electrons. The van der Waals surface area contributed by atoms with Crippen molar-refractivity contribution in [3.63, 3.8) is 0 Å². The zero-order chi connectivity index (χ0) is 17.0. The molecule has 1 aromatic carbocycles. The van der Waals surface area contributed by atoms with Gasteiger partial charge in [-0.1, -0.05) is 18.2 Å². The summed E-state index contributed by atoms with van der Waals surface area (Å²) in [5, 5.41) is 26.6. The predicted octanol–water partition coefficient (Wildman–Crippen LogP) is 0.165. The van der Waals surface area contributed by atoms with E-state index >= 15 is 0 Å². The maximum absolute atomic E-state index is 12.0. The summed E-state index contributed by atoms with van der Waals surface area (Å²) in [7, 11) is -4.66. The SMILES string of the molecule is O=C(O)CC(CC(=O)O)(OS(=O)(=O)c1ccccc1)C(=O)O. The number of aliphatic carboxylic acids is 3. The average molecular weight is 332 g/mol. The zero-order valence-electron chi connectivity index (χ0n) is 11.0. The van der Waals surface area contributed by atoms with Crippen molar-refractivity contribution in [1.29, 1.82) is 0 Å². The minimum atomic E-state index is -4.66. The molecule has 0 fully saturated rings. The molecule has 3 N–H and O–H groups in total. The van der Waals surface area contributed by atoms with Gasteiger partial charge in [-0.15, -0.1) is 0 Å². The van der Waals surface area contributed by atoms with Gasteiger partial charge in [-0.2, -0.15) is 8.42 Å². The summed E-state index contributed by atoms with van der Waals surface area (Å²) in [4.78, 5) is 32.4. The van der Waals surface area contributed by atoms with Gasteiger partial charge >= 0.3 is 17.9 Å². The highest BCUT2D eigenvalue weighted by molar-refractivity contribution is 7.86. The highest BCUT2D eigenvalue weighted by Gasteiger charge is 2.48. The molecular weight excluding hydrogens is 320 g/mol. The third-order valence-corrected chi connectivity index (χ3v) is 3.95. The van der Waals surface area contributed by atoms with Crippen LogP contribution in [0.2, 0.25) is 0 Å². The molecule has 0 aliphatic carbocycles. The molecule has 0 bridgehead atoms. The lowest BCUT2D eigenvalue weighted by atomic mass is 9.96. The maximum Gasteiger partial charge on any atom is 0.338 e. The summed E-state index contributed by atoms with van der Waals surface area (Å²) in [6.45, 7) is 0. The monoisotopic (exact) mass is 332 g/mol. The van der Waals surface area contributed by atoms with Crippen molar-refractivity contribution in [3.05, 3.63) is 30.3 Å². The van der Waals surface area contributed by atoms with Crippen molar-refractivity contribution in [1.82, 2.24) is 0 Å². The Kier molecular flexibility index (Phi) is 5.23. The van der Waals surface area contributed by atoms with Crippen LogP contribution < -0.4 is 0 Å². The lowest BCUT2D eigenvalue weighted by molar-refractivity contribution is -0.166. The van der Waals surface area contributed by atoms with E-state index < -0.39 is 51.4 Å². The fourth-order valence-electron chi connectivity index (χ4n) is 1.64. The maximum atomic E-state index is 12.0. The van der Waals surface area contributed by atoms with Crippen molar-refractivity contribution < 1.29 is 42.3 Å². The fourth-order valence-corrected chi connectivity index (χ4v) is 2.84. The Morgan fingerprint density at radius 1 is 0.955 bits per heavy atom. The van der Waals surface area contributed by atoms with Gasteiger partial charge in [0.15, 0.2) is 0 Å². The van der Waals surface area contributed by atoms with Crippen molar-refractivity contribution >= 4 is 28.0 Å². The first kappa shape index (κ1) is 17.6. The molecule has 0 heterocycles. The Hall–Kier alpha value is -2.46. The summed E-state index contributed by atoms with van der Waals surface area (Å²) in [5.74, 6) is -5.43. The third kappa shape index (κ3) is 4.27. The van der Waals surface area contributed by atoms with Gasteiger partial charge in [0.05, 0.1) is 17.7 Å². The number of hydrogen-bond acceptors (Lipinski definition) is 6. The third-order valence-electron chi connectivity index (χ3n) is 2.56. The van der Waals surface area contributed by atoms with Crippen molar-refractivity contribution in [2.75, 3.05) is 0 Å². The van der Waals surface area contributed by atoms with E-state index in [-0.39, 0.29) is 0 Å². The van der Waals surface area contributed by atoms with Gasteiger partial charge in [0.25, 0.3) is 10.1 Å². The van der Waals surface area contributed by atoms with Crippen LogP contribution in [0.1, 0.15) is 12.8 Å². The molecule has 22 heavy (non-hydrogen) atoms. The van der Waals surface area contributed by atoms with Crippen LogP contribution in [0.15, 0.2) is 35.2 Å². The number of carboxylic acids is 3. The number of carbonyl (C=O) groups is 3. The molecule has 0 saturated carbocycles. The van der Waals surface area contributed by atoms with Crippen molar-refractivity contribution in [2.45, 2.75) is 23.3 Å². The number of rotatable bonds is 8. The van der Waals surface area contributed by atoms with Crippen molar-refractivity contribution in [3.8, 4) is 0 Å². The van der Waals surface area contributed by atoms with Crippen LogP contribution in [0.25, 0.3) is 0 Å². The van der Waals surface area contributed by atoms with Crippen LogP contribution in [-0.4, -0.2) is 47.2 Å². The van der Waals surface area contributed by atoms with Crippen molar-refractivity contribution in [2.24, 2.45) is 0 Å². The summed E-state index contributed by atoms with van der Waals surface area (Å²) < 4.78 is 28.6. The van der Waals surface area contributed by atoms with Crippen LogP contribution in [-0.2, 0) is 28.7 Å². The summed E-state index contributed by atoms with van der Waals surface area (Å²) >= 11 is 0. The first-order chi connectivity index (χ1) is 10.1. The molecule has 0 aliphatic heterocycles. The molecular formula is C12H12O9S. The molecule has 0 saturated heterocycles. The van der Waals surface area contributed by atoms with E-state index in [2.05, 4.69) is 4.18 Å². The summed E-state index contributed by atoms with van der Waals surface area (Å²) in [5.41, 5.74) is -2.94. The lowest BCUT2D eigenvalue weighted by Gasteiger charge is -2.25. The van der Waals surface area contributed by atoms with E-state index in [9.17, 15) is 22.8 Å². The Balaban J connectivity index is 3.30. The van der Waals surface area contributed by atoms with E-state index in [4.69, 9.17) is 15.3 Å². The van der Waals surface area contributed by atoms with Gasteiger partial charge in [0, 0.05) is 0 Å². The Morgan fingerprint density at radius 3 is 1.77 bits per heavy atom. The van der Waals surface area contributed by atoms with Gasteiger partial charge in [0.1, 0.15) is 0 Å². The molecule has 0 aliphatic rings. The number of hydrogen-bond donors (Lipinski definition) is 3. The van der Waals surface area contributed by atoms with E-state index in [1.165, 1.54) is 18.2 Å². The molecule has 9 nitrogen and oxygen atoms in total. The van der Waals surface area contributed by atoms with Crippen LogP contribution in [0, 0.1) is 0 Å². The average Bonchev–Trinajstić information content (AvgIpc) is 2.37. The van der Waals surface area contributed by atoms with Gasteiger partial charge < -0.3 is 15.3 Å². The van der Waals surface area contributed by atoms with Gasteiger partial charge in [-0.25, -0.2) is 8.98 Å². The van der Waals surface area contributed by atoms with Crippen LogP contribution in [0.5, 0.6) is 0 Å². The van der Waals surface area contributed by atoms with Gasteiger partial charge in [-0.05, 0) is 12.1 Å². The minimum Gasteiger partial charge on any atom is -0.481 e. The molecule has 1 rings (SSSR count). The highest BCUT2D eigenvalue weighted by atomic mass is 32.2. The van der Waals surface area contributed by atoms with E-state index in [0.29, 0.717) is 0 Å². The molecule has 0 radical (unpaired) electrons. The Morgan fingerprint density at radius 2 is 1.41 bits per heavy atom. The van der Waals surface area contributed by atoms with E-state index in [1.807, 2.05) is 0 Å².